The van der Waals surface area contributed by atoms with Gasteiger partial charge < -0.3 is 5.32 Å². The van der Waals surface area contributed by atoms with E-state index in [2.05, 4.69) is 33.0 Å². The lowest BCUT2D eigenvalue weighted by Gasteiger charge is -2.32. The third kappa shape index (κ3) is 3.68. The third-order valence-electron chi connectivity index (χ3n) is 3.48. The summed E-state index contributed by atoms with van der Waals surface area (Å²) in [5.41, 5.74) is 0.471. The van der Waals surface area contributed by atoms with Crippen molar-refractivity contribution in [2.75, 3.05) is 6.54 Å². The van der Waals surface area contributed by atoms with Gasteiger partial charge in [-0.25, -0.2) is 0 Å². The van der Waals surface area contributed by atoms with Crippen molar-refractivity contribution in [3.05, 3.63) is 0 Å². The maximum absolute atomic E-state index is 3.64. The van der Waals surface area contributed by atoms with E-state index in [4.69, 9.17) is 0 Å². The Labute approximate surface area is 83.3 Å². The highest BCUT2D eigenvalue weighted by Gasteiger charge is 2.28. The minimum absolute atomic E-state index is 0.471. The maximum Gasteiger partial charge on any atom is 0.00684 e. The molecule has 0 amide bonds. The molecule has 0 saturated heterocycles. The Balaban J connectivity index is 2.24. The Morgan fingerprint density at radius 1 is 1.38 bits per heavy atom. The van der Waals surface area contributed by atoms with Crippen molar-refractivity contribution in [3.8, 4) is 0 Å². The molecule has 0 heterocycles. The van der Waals surface area contributed by atoms with E-state index >= 15 is 0 Å². The Kier molecular flexibility index (Phi) is 3.78. The van der Waals surface area contributed by atoms with Crippen LogP contribution in [0.15, 0.2) is 0 Å². The van der Waals surface area contributed by atoms with Crippen molar-refractivity contribution >= 4 is 0 Å². The molecule has 0 aromatic carbocycles. The molecule has 1 unspecified atom stereocenters. The smallest absolute Gasteiger partial charge is 0.00684 e. The topological polar surface area (TPSA) is 12.0 Å². The van der Waals surface area contributed by atoms with Gasteiger partial charge in [0.05, 0.1) is 0 Å². The molecule has 0 spiro atoms. The molecule has 1 aliphatic carbocycles. The van der Waals surface area contributed by atoms with Crippen molar-refractivity contribution in [2.45, 2.75) is 59.4 Å². The molecule has 1 saturated carbocycles. The van der Waals surface area contributed by atoms with Crippen LogP contribution in [0.2, 0.25) is 0 Å². The van der Waals surface area contributed by atoms with Crippen LogP contribution in [0.1, 0.15) is 53.4 Å². The number of nitrogens with one attached hydrogen (secondary N) is 1. The summed E-state index contributed by atoms with van der Waals surface area (Å²) >= 11 is 0. The van der Waals surface area contributed by atoms with Crippen molar-refractivity contribution in [3.63, 3.8) is 0 Å². The van der Waals surface area contributed by atoms with Crippen LogP contribution >= 0.6 is 0 Å². The highest BCUT2D eigenvalue weighted by molar-refractivity contribution is 4.85. The lowest BCUT2D eigenvalue weighted by Crippen LogP contribution is -2.35. The quantitative estimate of drug-likeness (QED) is 0.667. The van der Waals surface area contributed by atoms with Crippen LogP contribution in [-0.4, -0.2) is 12.6 Å². The molecule has 1 aliphatic rings. The van der Waals surface area contributed by atoms with Gasteiger partial charge in [0.25, 0.3) is 0 Å². The number of rotatable bonds is 6. The fourth-order valence-corrected chi connectivity index (χ4v) is 1.69. The number of hydrogen-bond acceptors (Lipinski definition) is 1. The van der Waals surface area contributed by atoms with Crippen LogP contribution < -0.4 is 5.32 Å². The van der Waals surface area contributed by atoms with E-state index < -0.39 is 0 Å². The second-order valence-electron chi connectivity index (χ2n) is 5.33. The van der Waals surface area contributed by atoms with Crippen molar-refractivity contribution in [2.24, 2.45) is 11.3 Å². The van der Waals surface area contributed by atoms with Gasteiger partial charge in [0.1, 0.15) is 0 Å². The third-order valence-corrected chi connectivity index (χ3v) is 3.48. The first kappa shape index (κ1) is 11.0. The average molecular weight is 183 g/mol. The molecule has 1 N–H and O–H groups in total. The summed E-state index contributed by atoms with van der Waals surface area (Å²) in [5, 5.41) is 3.64. The lowest BCUT2D eigenvalue weighted by atomic mass is 9.77. The highest BCUT2D eigenvalue weighted by atomic mass is 15.0. The molecule has 0 radical (unpaired) electrons. The second-order valence-corrected chi connectivity index (χ2v) is 5.33. The molecule has 78 valence electrons. The molecule has 0 bridgehead atoms. The van der Waals surface area contributed by atoms with Crippen molar-refractivity contribution < 1.29 is 0 Å². The minimum Gasteiger partial charge on any atom is -0.313 e. The van der Waals surface area contributed by atoms with E-state index in [1.165, 1.54) is 32.2 Å². The normalized spacial score (nSPS) is 20.3. The van der Waals surface area contributed by atoms with Crippen LogP contribution in [0.25, 0.3) is 0 Å². The average Bonchev–Trinajstić information content (AvgIpc) is 2.84. The van der Waals surface area contributed by atoms with Crippen LogP contribution in [0.3, 0.4) is 0 Å². The summed E-state index contributed by atoms with van der Waals surface area (Å²) in [6.45, 7) is 10.6. The first-order valence-electron chi connectivity index (χ1n) is 5.79. The predicted octanol–water partition coefficient (Wildman–Crippen LogP) is 3.20. The van der Waals surface area contributed by atoms with E-state index in [-0.39, 0.29) is 0 Å². The molecular weight excluding hydrogens is 158 g/mol. The largest absolute Gasteiger partial charge is 0.313 e. The summed E-state index contributed by atoms with van der Waals surface area (Å²) < 4.78 is 0. The second kappa shape index (κ2) is 4.45. The van der Waals surface area contributed by atoms with E-state index in [9.17, 15) is 0 Å². The lowest BCUT2D eigenvalue weighted by molar-refractivity contribution is 0.207. The summed E-state index contributed by atoms with van der Waals surface area (Å²) in [4.78, 5) is 0. The van der Waals surface area contributed by atoms with Crippen LogP contribution in [0, 0.1) is 11.3 Å². The van der Waals surface area contributed by atoms with E-state index in [0.717, 1.165) is 12.0 Å². The van der Waals surface area contributed by atoms with Gasteiger partial charge in [-0.2, -0.15) is 0 Å². The predicted molar refractivity (Wildman–Crippen MR) is 58.9 cm³/mol. The van der Waals surface area contributed by atoms with E-state index in [0.29, 0.717) is 5.41 Å². The Bertz CT molecular complexity index is 147. The van der Waals surface area contributed by atoms with Crippen LogP contribution in [0.5, 0.6) is 0 Å². The van der Waals surface area contributed by atoms with E-state index in [1.54, 1.807) is 0 Å². The first-order valence-corrected chi connectivity index (χ1v) is 5.79. The van der Waals surface area contributed by atoms with Gasteiger partial charge in [0.15, 0.2) is 0 Å². The summed E-state index contributed by atoms with van der Waals surface area (Å²) in [6.07, 6.45) is 5.48. The molecule has 13 heavy (non-hydrogen) atoms. The zero-order chi connectivity index (χ0) is 9.90. The monoisotopic (exact) mass is 183 g/mol. The fourth-order valence-electron chi connectivity index (χ4n) is 1.69. The van der Waals surface area contributed by atoms with Gasteiger partial charge in [0, 0.05) is 12.6 Å². The maximum atomic E-state index is 3.64. The van der Waals surface area contributed by atoms with Gasteiger partial charge in [-0.3, -0.25) is 0 Å². The van der Waals surface area contributed by atoms with E-state index in [1.807, 2.05) is 0 Å². The van der Waals surface area contributed by atoms with Crippen molar-refractivity contribution in [1.82, 2.24) is 5.32 Å². The standard InChI is InChI=1S/C12H25N/c1-5-6-10(2)12(3,4)9-13-11-7-8-11/h10-11,13H,5-9H2,1-4H3. The number of hydrogen-bond donors (Lipinski definition) is 1. The molecule has 1 fully saturated rings. The van der Waals surface area contributed by atoms with Gasteiger partial charge in [-0.05, 0) is 24.2 Å². The molecule has 0 aromatic rings. The highest BCUT2D eigenvalue weighted by Crippen LogP contribution is 2.30. The molecule has 0 aromatic heterocycles. The molecule has 1 heteroatoms. The SMILES string of the molecule is CCCC(C)C(C)(C)CNC1CC1. The summed E-state index contributed by atoms with van der Waals surface area (Å²) in [7, 11) is 0. The molecule has 1 atom stereocenters. The van der Waals surface area contributed by atoms with Crippen LogP contribution in [-0.2, 0) is 0 Å². The van der Waals surface area contributed by atoms with Crippen molar-refractivity contribution in [1.29, 1.82) is 0 Å². The summed E-state index contributed by atoms with van der Waals surface area (Å²) in [5.74, 6) is 0.837. The molecule has 1 nitrogen and oxygen atoms in total. The Morgan fingerprint density at radius 2 is 2.00 bits per heavy atom. The molecule has 1 rings (SSSR count). The first-order chi connectivity index (χ1) is 6.06. The van der Waals surface area contributed by atoms with Gasteiger partial charge in [-0.15, -0.1) is 0 Å². The van der Waals surface area contributed by atoms with Crippen LogP contribution in [0.4, 0.5) is 0 Å². The van der Waals surface area contributed by atoms with Gasteiger partial charge >= 0.3 is 0 Å². The zero-order valence-corrected chi connectivity index (χ0v) is 9.69. The minimum atomic E-state index is 0.471. The molecule has 0 aliphatic heterocycles. The Morgan fingerprint density at radius 3 is 2.46 bits per heavy atom. The zero-order valence-electron chi connectivity index (χ0n) is 9.69. The Hall–Kier alpha value is -0.0400. The summed E-state index contributed by atoms with van der Waals surface area (Å²) in [6, 6.07) is 0.855. The fraction of sp³-hybridized carbons (Fsp3) is 1.00. The van der Waals surface area contributed by atoms with Gasteiger partial charge in [-0.1, -0.05) is 40.5 Å². The van der Waals surface area contributed by atoms with Gasteiger partial charge in [0.2, 0.25) is 0 Å². The molecular formula is C12H25N.